The molecule has 1 aromatic heterocycles. The summed E-state index contributed by atoms with van der Waals surface area (Å²) >= 11 is 0. The quantitative estimate of drug-likeness (QED) is 0.557. The van der Waals surface area contributed by atoms with Crippen molar-refractivity contribution in [1.29, 1.82) is 0 Å². The van der Waals surface area contributed by atoms with Gasteiger partial charge in [0.25, 0.3) is 17.7 Å². The van der Waals surface area contributed by atoms with Crippen LogP contribution in [0.15, 0.2) is 51.7 Å². The molecule has 0 bridgehead atoms. The van der Waals surface area contributed by atoms with Gasteiger partial charge in [0.05, 0.1) is 11.1 Å². The fourth-order valence-electron chi connectivity index (χ4n) is 3.13. The number of aryl methyl sites for hydroxylation is 1. The van der Waals surface area contributed by atoms with Crippen LogP contribution in [-0.2, 0) is 0 Å². The zero-order valence-corrected chi connectivity index (χ0v) is 14.5. The molecule has 0 aliphatic carbocycles. The van der Waals surface area contributed by atoms with Crippen molar-refractivity contribution in [1.82, 2.24) is 5.32 Å². The molecule has 7 nitrogen and oxygen atoms in total. The highest BCUT2D eigenvalue weighted by atomic mass is 16.4. The average Bonchev–Trinajstić information content (AvgIpc) is 2.93. The number of anilines is 1. The lowest BCUT2D eigenvalue weighted by molar-refractivity contribution is 0.0879. The van der Waals surface area contributed by atoms with Gasteiger partial charge in [-0.05, 0) is 42.8 Å². The molecule has 1 aliphatic heterocycles. The molecule has 1 N–H and O–H groups in total. The molecule has 3 amide bonds. The van der Waals surface area contributed by atoms with Gasteiger partial charge in [-0.1, -0.05) is 0 Å². The van der Waals surface area contributed by atoms with Crippen molar-refractivity contribution < 1.29 is 18.8 Å². The summed E-state index contributed by atoms with van der Waals surface area (Å²) in [4.78, 5) is 49.2. The van der Waals surface area contributed by atoms with Crippen molar-refractivity contribution in [3.05, 3.63) is 75.1 Å². The Hall–Kier alpha value is -3.74. The molecular formula is C20H14N2O5. The first-order valence-corrected chi connectivity index (χ1v) is 8.17. The maximum atomic E-state index is 12.8. The average molecular weight is 362 g/mol. The summed E-state index contributed by atoms with van der Waals surface area (Å²) in [5.74, 6) is -1.35. The molecule has 7 heteroatoms. The number of carbonyl (C=O) groups excluding carboxylic acids is 3. The van der Waals surface area contributed by atoms with Gasteiger partial charge in [-0.15, -0.1) is 0 Å². The van der Waals surface area contributed by atoms with Gasteiger partial charge < -0.3 is 9.32 Å². The first-order valence-electron chi connectivity index (χ1n) is 8.17. The molecule has 2 heterocycles. The number of hydrogen-bond donors (Lipinski definition) is 1. The number of fused-ring (bicyclic) bond motifs is 2. The normalized spacial score (nSPS) is 12.8. The molecule has 0 atom stereocenters. The smallest absolute Gasteiger partial charge is 0.336 e. The Kier molecular flexibility index (Phi) is 3.66. The molecule has 2 aromatic carbocycles. The molecule has 134 valence electrons. The van der Waals surface area contributed by atoms with Gasteiger partial charge in [0.1, 0.15) is 5.58 Å². The Labute approximate surface area is 153 Å². The highest BCUT2D eigenvalue weighted by Crippen LogP contribution is 2.25. The SMILES string of the molecule is Cc1cc(=O)oc2cc(N(C)C(=O)c3ccc4c(c3)C(=O)NC4=O)ccc12. The van der Waals surface area contributed by atoms with E-state index in [1.807, 2.05) is 6.92 Å². The molecule has 3 aromatic rings. The summed E-state index contributed by atoms with van der Waals surface area (Å²) in [6.45, 7) is 1.81. The number of rotatable bonds is 2. The van der Waals surface area contributed by atoms with Gasteiger partial charge in [0.15, 0.2) is 0 Å². The second-order valence-electron chi connectivity index (χ2n) is 6.34. The molecule has 0 saturated carbocycles. The van der Waals surface area contributed by atoms with E-state index in [0.29, 0.717) is 11.3 Å². The molecule has 27 heavy (non-hydrogen) atoms. The van der Waals surface area contributed by atoms with Gasteiger partial charge in [-0.3, -0.25) is 19.7 Å². The minimum absolute atomic E-state index is 0.180. The van der Waals surface area contributed by atoms with Gasteiger partial charge >= 0.3 is 5.63 Å². The topological polar surface area (TPSA) is 96.7 Å². The summed E-state index contributed by atoms with van der Waals surface area (Å²) in [6, 6.07) is 10.9. The van der Waals surface area contributed by atoms with Crippen LogP contribution >= 0.6 is 0 Å². The minimum Gasteiger partial charge on any atom is -0.423 e. The molecule has 0 radical (unpaired) electrons. The van der Waals surface area contributed by atoms with Crippen molar-refractivity contribution >= 4 is 34.4 Å². The van der Waals surface area contributed by atoms with E-state index < -0.39 is 17.4 Å². The largest absolute Gasteiger partial charge is 0.423 e. The molecule has 0 unspecified atom stereocenters. The fourth-order valence-corrected chi connectivity index (χ4v) is 3.13. The maximum Gasteiger partial charge on any atom is 0.336 e. The Bertz CT molecular complexity index is 1210. The van der Waals surface area contributed by atoms with E-state index in [1.54, 1.807) is 25.2 Å². The monoisotopic (exact) mass is 362 g/mol. The summed E-state index contributed by atoms with van der Waals surface area (Å²) < 4.78 is 5.22. The lowest BCUT2D eigenvalue weighted by Gasteiger charge is -2.18. The third-order valence-electron chi connectivity index (χ3n) is 4.61. The molecule has 0 saturated heterocycles. The van der Waals surface area contributed by atoms with E-state index in [1.165, 1.54) is 29.2 Å². The van der Waals surface area contributed by atoms with Gasteiger partial charge in [0.2, 0.25) is 0 Å². The van der Waals surface area contributed by atoms with Crippen LogP contribution in [0.4, 0.5) is 5.69 Å². The van der Waals surface area contributed by atoms with E-state index >= 15 is 0 Å². The molecule has 1 aliphatic rings. The fraction of sp³-hybridized carbons (Fsp3) is 0.100. The summed E-state index contributed by atoms with van der Waals surface area (Å²) in [7, 11) is 1.58. The molecule has 0 spiro atoms. The van der Waals surface area contributed by atoms with Crippen molar-refractivity contribution in [2.24, 2.45) is 0 Å². The number of amides is 3. The second kappa shape index (κ2) is 5.91. The van der Waals surface area contributed by atoms with Crippen molar-refractivity contribution in [2.45, 2.75) is 6.92 Å². The van der Waals surface area contributed by atoms with Gasteiger partial charge in [-0.25, -0.2) is 4.79 Å². The van der Waals surface area contributed by atoms with Crippen LogP contribution in [0.1, 0.15) is 36.6 Å². The highest BCUT2D eigenvalue weighted by Gasteiger charge is 2.28. The van der Waals surface area contributed by atoms with Crippen LogP contribution in [0, 0.1) is 6.92 Å². The molecule has 4 rings (SSSR count). The van der Waals surface area contributed by atoms with Gasteiger partial charge in [-0.2, -0.15) is 0 Å². The first kappa shape index (κ1) is 16.7. The van der Waals surface area contributed by atoms with E-state index in [4.69, 9.17) is 4.42 Å². The van der Waals surface area contributed by atoms with Crippen LogP contribution in [0.25, 0.3) is 11.0 Å². The minimum atomic E-state index is -0.518. The van der Waals surface area contributed by atoms with Gasteiger partial charge in [0, 0.05) is 35.8 Å². The molecular weight excluding hydrogens is 348 g/mol. The summed E-state index contributed by atoms with van der Waals surface area (Å²) in [5, 5.41) is 2.98. The Morgan fingerprint density at radius 1 is 0.963 bits per heavy atom. The van der Waals surface area contributed by atoms with E-state index in [0.717, 1.165) is 10.9 Å². The number of hydrogen-bond acceptors (Lipinski definition) is 5. The Morgan fingerprint density at radius 3 is 2.48 bits per heavy atom. The van der Waals surface area contributed by atoms with E-state index in [9.17, 15) is 19.2 Å². The summed E-state index contributed by atoms with van der Waals surface area (Å²) in [5.41, 5.74) is 1.95. The van der Waals surface area contributed by atoms with Crippen molar-refractivity contribution in [3.8, 4) is 0 Å². The predicted octanol–water partition coefficient (Wildman–Crippen LogP) is 2.26. The number of nitrogens with zero attached hydrogens (tertiary/aromatic N) is 1. The number of carbonyl (C=O) groups is 3. The van der Waals surface area contributed by atoms with Crippen LogP contribution in [0.5, 0.6) is 0 Å². The third-order valence-corrected chi connectivity index (χ3v) is 4.61. The zero-order valence-electron chi connectivity index (χ0n) is 14.5. The number of benzene rings is 2. The zero-order chi connectivity index (χ0) is 19.3. The van der Waals surface area contributed by atoms with Crippen LogP contribution < -0.4 is 15.8 Å². The van der Waals surface area contributed by atoms with Crippen LogP contribution in [0.2, 0.25) is 0 Å². The van der Waals surface area contributed by atoms with Crippen molar-refractivity contribution in [3.63, 3.8) is 0 Å². The first-order chi connectivity index (χ1) is 12.8. The van der Waals surface area contributed by atoms with Crippen LogP contribution in [0.3, 0.4) is 0 Å². The molecule has 0 fully saturated rings. The van der Waals surface area contributed by atoms with E-state index in [-0.39, 0.29) is 22.6 Å². The van der Waals surface area contributed by atoms with Crippen LogP contribution in [-0.4, -0.2) is 24.8 Å². The maximum absolute atomic E-state index is 12.8. The van der Waals surface area contributed by atoms with E-state index in [2.05, 4.69) is 5.32 Å². The summed E-state index contributed by atoms with van der Waals surface area (Å²) in [6.07, 6.45) is 0. The number of nitrogens with one attached hydrogen (secondary N) is 1. The van der Waals surface area contributed by atoms with Crippen molar-refractivity contribution in [2.75, 3.05) is 11.9 Å². The lowest BCUT2D eigenvalue weighted by atomic mass is 10.0. The Balaban J connectivity index is 1.72. The number of imide groups is 1. The Morgan fingerprint density at radius 2 is 1.70 bits per heavy atom. The predicted molar refractivity (Wildman–Crippen MR) is 98.2 cm³/mol. The highest BCUT2D eigenvalue weighted by molar-refractivity contribution is 6.22. The standard InChI is InChI=1S/C20H14N2O5/c1-10-7-17(23)27-16-9-12(4-6-13(10)16)22(2)20(26)11-3-5-14-15(8-11)19(25)21-18(14)24/h3-9H,1-2H3,(H,21,24,25). The third kappa shape index (κ3) is 2.69. The lowest BCUT2D eigenvalue weighted by Crippen LogP contribution is -2.26. The second-order valence-corrected chi connectivity index (χ2v) is 6.34.